The maximum Gasteiger partial charge on any atom is 0.119 e. The van der Waals surface area contributed by atoms with E-state index in [1.165, 1.54) is 0 Å². The minimum Gasteiger partial charge on any atom is -0.491 e. The van der Waals surface area contributed by atoms with Crippen LogP contribution in [0.1, 0.15) is 66.1 Å². The van der Waals surface area contributed by atoms with Gasteiger partial charge in [0.1, 0.15) is 5.75 Å². The average Bonchev–Trinajstić information content (AvgIpc) is 2.26. The fourth-order valence-electron chi connectivity index (χ4n) is 2.69. The van der Waals surface area contributed by atoms with Crippen molar-refractivity contribution < 1.29 is 9.84 Å². The summed E-state index contributed by atoms with van der Waals surface area (Å²) in [6, 6.07) is 7.80. The molecule has 114 valence electrons. The maximum absolute atomic E-state index is 10.3. The topological polar surface area (TPSA) is 29.5 Å². The predicted octanol–water partition coefficient (Wildman–Crippen LogP) is 4.97. The van der Waals surface area contributed by atoms with Gasteiger partial charge in [-0.3, -0.25) is 0 Å². The van der Waals surface area contributed by atoms with Gasteiger partial charge in [-0.2, -0.15) is 0 Å². The van der Waals surface area contributed by atoms with Crippen molar-refractivity contribution in [2.75, 3.05) is 0 Å². The lowest BCUT2D eigenvalue weighted by molar-refractivity contribution is 0.134. The number of aliphatic hydroxyl groups is 1. The highest BCUT2D eigenvalue weighted by Gasteiger charge is 2.18. The lowest BCUT2D eigenvalue weighted by Gasteiger charge is -2.25. The highest BCUT2D eigenvalue weighted by atomic mass is 16.5. The van der Waals surface area contributed by atoms with Crippen LogP contribution in [-0.4, -0.2) is 11.2 Å². The van der Waals surface area contributed by atoms with Crippen molar-refractivity contribution in [1.29, 1.82) is 0 Å². The molecule has 0 aliphatic rings. The number of hydrogen-bond acceptors (Lipinski definition) is 2. The Labute approximate surface area is 124 Å². The summed E-state index contributed by atoms with van der Waals surface area (Å²) in [5, 5.41) is 10.3. The Morgan fingerprint density at radius 1 is 1.05 bits per heavy atom. The van der Waals surface area contributed by atoms with E-state index in [4.69, 9.17) is 4.74 Å². The van der Waals surface area contributed by atoms with E-state index >= 15 is 0 Å². The van der Waals surface area contributed by atoms with Gasteiger partial charge in [0.15, 0.2) is 0 Å². The Hall–Kier alpha value is -1.02. The Balaban J connectivity index is 2.57. The van der Waals surface area contributed by atoms with Gasteiger partial charge in [-0.05, 0) is 55.7 Å². The van der Waals surface area contributed by atoms with Gasteiger partial charge in [0.25, 0.3) is 0 Å². The quantitative estimate of drug-likeness (QED) is 0.796. The van der Waals surface area contributed by atoms with Crippen LogP contribution in [0.4, 0.5) is 0 Å². The van der Waals surface area contributed by atoms with Crippen molar-refractivity contribution in [2.45, 2.75) is 66.6 Å². The van der Waals surface area contributed by atoms with E-state index in [9.17, 15) is 5.11 Å². The first kappa shape index (κ1) is 17.0. The average molecular weight is 278 g/mol. The van der Waals surface area contributed by atoms with Crippen LogP contribution in [0.3, 0.4) is 0 Å². The molecule has 0 saturated carbocycles. The van der Waals surface area contributed by atoms with Gasteiger partial charge in [-0.25, -0.2) is 0 Å². The van der Waals surface area contributed by atoms with E-state index in [1.54, 1.807) is 0 Å². The molecule has 0 amide bonds. The van der Waals surface area contributed by atoms with Crippen LogP contribution in [0.15, 0.2) is 24.3 Å². The molecule has 1 aromatic carbocycles. The van der Waals surface area contributed by atoms with Crippen molar-refractivity contribution >= 4 is 0 Å². The highest BCUT2D eigenvalue weighted by molar-refractivity contribution is 5.28. The van der Waals surface area contributed by atoms with Gasteiger partial charge in [-0.1, -0.05) is 39.8 Å². The lowest BCUT2D eigenvalue weighted by Crippen LogP contribution is -2.13. The van der Waals surface area contributed by atoms with E-state index in [-0.39, 0.29) is 12.2 Å². The monoisotopic (exact) mass is 278 g/mol. The van der Waals surface area contributed by atoms with Crippen molar-refractivity contribution in [3.63, 3.8) is 0 Å². The maximum atomic E-state index is 10.3. The molecular formula is C18H30O2. The summed E-state index contributed by atoms with van der Waals surface area (Å²) in [6.45, 7) is 13.0. The summed E-state index contributed by atoms with van der Waals surface area (Å²) in [6.07, 6.45) is 1.72. The third kappa shape index (κ3) is 6.42. The molecule has 1 aromatic rings. The minimum absolute atomic E-state index is 0.178. The van der Waals surface area contributed by atoms with E-state index in [2.05, 4.69) is 27.7 Å². The molecule has 0 aliphatic heterocycles. The Bertz CT molecular complexity index is 387. The van der Waals surface area contributed by atoms with Crippen LogP contribution in [0, 0.1) is 11.3 Å². The fraction of sp³-hybridized carbons (Fsp3) is 0.667. The zero-order valence-corrected chi connectivity index (χ0v) is 13.8. The molecule has 20 heavy (non-hydrogen) atoms. The van der Waals surface area contributed by atoms with Crippen molar-refractivity contribution in [3.05, 3.63) is 29.8 Å². The summed E-state index contributed by atoms with van der Waals surface area (Å²) in [5.41, 5.74) is 1.29. The molecule has 1 rings (SSSR count). The number of aliphatic hydroxyl groups excluding tert-OH is 1. The molecule has 0 bridgehead atoms. The zero-order valence-electron chi connectivity index (χ0n) is 13.8. The van der Waals surface area contributed by atoms with Crippen LogP contribution >= 0.6 is 0 Å². The molecule has 1 N–H and O–H groups in total. The van der Waals surface area contributed by atoms with Gasteiger partial charge >= 0.3 is 0 Å². The summed E-state index contributed by atoms with van der Waals surface area (Å²) in [4.78, 5) is 0. The number of ether oxygens (including phenoxy) is 1. The first-order valence-corrected chi connectivity index (χ1v) is 7.62. The summed E-state index contributed by atoms with van der Waals surface area (Å²) in [5.74, 6) is 1.37. The third-order valence-corrected chi connectivity index (χ3v) is 3.22. The molecule has 2 nitrogen and oxygen atoms in total. The van der Waals surface area contributed by atoms with E-state index < -0.39 is 0 Å². The van der Waals surface area contributed by atoms with Gasteiger partial charge in [0.2, 0.25) is 0 Å². The second kappa shape index (κ2) is 7.12. The second-order valence-electron chi connectivity index (χ2n) is 7.36. The van der Waals surface area contributed by atoms with Crippen LogP contribution < -0.4 is 4.74 Å². The molecule has 2 unspecified atom stereocenters. The highest BCUT2D eigenvalue weighted by Crippen LogP contribution is 2.31. The number of hydrogen-bond donors (Lipinski definition) is 1. The molecule has 2 atom stereocenters. The SMILES string of the molecule is CC(CC(O)c1ccc(OC(C)C)cc1)CC(C)(C)C. The van der Waals surface area contributed by atoms with Crippen LogP contribution in [0.2, 0.25) is 0 Å². The fourth-order valence-corrected chi connectivity index (χ4v) is 2.69. The predicted molar refractivity (Wildman–Crippen MR) is 85.0 cm³/mol. The minimum atomic E-state index is -0.388. The molecule has 0 aromatic heterocycles. The van der Waals surface area contributed by atoms with Gasteiger partial charge in [0.05, 0.1) is 12.2 Å². The molecule has 0 spiro atoms. The number of benzene rings is 1. The van der Waals surface area contributed by atoms with Crippen LogP contribution in [0.5, 0.6) is 5.75 Å². The third-order valence-electron chi connectivity index (χ3n) is 3.22. The van der Waals surface area contributed by atoms with E-state index in [0.717, 1.165) is 24.2 Å². The number of rotatable bonds is 6. The largest absolute Gasteiger partial charge is 0.491 e. The molecule has 0 radical (unpaired) electrons. The van der Waals surface area contributed by atoms with E-state index in [1.807, 2.05) is 38.1 Å². The Morgan fingerprint density at radius 2 is 1.60 bits per heavy atom. The summed E-state index contributed by atoms with van der Waals surface area (Å²) in [7, 11) is 0. The molecule has 0 aliphatic carbocycles. The normalized spacial score (nSPS) is 15.2. The summed E-state index contributed by atoms with van der Waals surface area (Å²) < 4.78 is 5.61. The second-order valence-corrected chi connectivity index (χ2v) is 7.36. The molecule has 0 heterocycles. The Morgan fingerprint density at radius 3 is 2.05 bits per heavy atom. The van der Waals surface area contributed by atoms with Gasteiger partial charge in [0, 0.05) is 0 Å². The van der Waals surface area contributed by atoms with Gasteiger partial charge < -0.3 is 9.84 Å². The molecular weight excluding hydrogens is 248 g/mol. The van der Waals surface area contributed by atoms with Crippen LogP contribution in [-0.2, 0) is 0 Å². The van der Waals surface area contributed by atoms with E-state index in [0.29, 0.717) is 11.3 Å². The molecule has 2 heteroatoms. The van der Waals surface area contributed by atoms with Crippen molar-refractivity contribution in [2.24, 2.45) is 11.3 Å². The molecule has 0 saturated heterocycles. The summed E-state index contributed by atoms with van der Waals surface area (Å²) >= 11 is 0. The standard InChI is InChI=1S/C18H30O2/c1-13(2)20-16-9-7-15(8-10-16)17(19)11-14(3)12-18(4,5)6/h7-10,13-14,17,19H,11-12H2,1-6H3. The smallest absolute Gasteiger partial charge is 0.119 e. The zero-order chi connectivity index (χ0) is 15.3. The van der Waals surface area contributed by atoms with Gasteiger partial charge in [-0.15, -0.1) is 0 Å². The molecule has 0 fully saturated rings. The first-order valence-electron chi connectivity index (χ1n) is 7.62. The van der Waals surface area contributed by atoms with Crippen LogP contribution in [0.25, 0.3) is 0 Å². The van der Waals surface area contributed by atoms with Crippen molar-refractivity contribution in [3.8, 4) is 5.75 Å². The lowest BCUT2D eigenvalue weighted by atomic mass is 9.82. The Kier molecular flexibility index (Phi) is 6.07. The van der Waals surface area contributed by atoms with Crippen molar-refractivity contribution in [1.82, 2.24) is 0 Å². The first-order chi connectivity index (χ1) is 9.17.